The van der Waals surface area contributed by atoms with Gasteiger partial charge >= 0.3 is 6.36 Å². The van der Waals surface area contributed by atoms with E-state index in [1.807, 2.05) is 0 Å². The standard InChI is InChI=1S/C8H5BrF5NO/c1-3-2-15-6(9)4(7(10)11)5(3)16-8(12,13)14/h2,7H,1H3. The fourth-order valence-corrected chi connectivity index (χ4v) is 1.48. The van der Waals surface area contributed by atoms with Crippen molar-refractivity contribution in [2.45, 2.75) is 19.7 Å². The topological polar surface area (TPSA) is 22.1 Å². The van der Waals surface area contributed by atoms with Gasteiger partial charge < -0.3 is 4.74 Å². The van der Waals surface area contributed by atoms with Crippen molar-refractivity contribution >= 4 is 15.9 Å². The SMILES string of the molecule is Cc1cnc(Br)c(C(F)F)c1OC(F)(F)F. The number of nitrogens with zero attached hydrogens (tertiary/aromatic N) is 1. The zero-order valence-electron chi connectivity index (χ0n) is 7.78. The molecule has 0 radical (unpaired) electrons. The monoisotopic (exact) mass is 305 g/mol. The van der Waals surface area contributed by atoms with E-state index in [1.54, 1.807) is 0 Å². The van der Waals surface area contributed by atoms with Crippen LogP contribution < -0.4 is 4.74 Å². The van der Waals surface area contributed by atoms with E-state index in [-0.39, 0.29) is 10.2 Å². The molecule has 0 spiro atoms. The lowest BCUT2D eigenvalue weighted by atomic mass is 10.2. The quantitative estimate of drug-likeness (QED) is 0.609. The molecule has 0 fully saturated rings. The normalized spacial score (nSPS) is 12.0. The number of hydrogen-bond acceptors (Lipinski definition) is 2. The number of pyridine rings is 1. The van der Waals surface area contributed by atoms with Crippen molar-refractivity contribution in [3.05, 3.63) is 21.9 Å². The van der Waals surface area contributed by atoms with Crippen LogP contribution in [0.15, 0.2) is 10.8 Å². The summed E-state index contributed by atoms with van der Waals surface area (Å²) in [5.74, 6) is -0.913. The lowest BCUT2D eigenvalue weighted by molar-refractivity contribution is -0.275. The van der Waals surface area contributed by atoms with E-state index in [0.717, 1.165) is 6.20 Å². The van der Waals surface area contributed by atoms with Crippen LogP contribution in [0, 0.1) is 6.92 Å². The van der Waals surface area contributed by atoms with Gasteiger partial charge in [-0.05, 0) is 22.9 Å². The highest BCUT2D eigenvalue weighted by Crippen LogP contribution is 2.38. The minimum atomic E-state index is -5.02. The summed E-state index contributed by atoms with van der Waals surface area (Å²) in [4.78, 5) is 3.48. The largest absolute Gasteiger partial charge is 0.573 e. The Morgan fingerprint density at radius 1 is 1.38 bits per heavy atom. The molecule has 0 bridgehead atoms. The molecule has 90 valence electrons. The van der Waals surface area contributed by atoms with Gasteiger partial charge in [-0.25, -0.2) is 13.8 Å². The second-order valence-corrected chi connectivity index (χ2v) is 3.57. The Labute approximate surface area is 95.6 Å². The first kappa shape index (κ1) is 13.1. The molecule has 2 nitrogen and oxygen atoms in total. The molecular weight excluding hydrogens is 301 g/mol. The molecular formula is C8H5BrF5NO. The van der Waals surface area contributed by atoms with E-state index >= 15 is 0 Å². The fraction of sp³-hybridized carbons (Fsp3) is 0.375. The predicted molar refractivity (Wildman–Crippen MR) is 48.3 cm³/mol. The number of rotatable bonds is 2. The molecule has 1 heterocycles. The third kappa shape index (κ3) is 3.03. The molecule has 0 aliphatic heterocycles. The number of aromatic nitrogens is 1. The number of alkyl halides is 5. The zero-order valence-corrected chi connectivity index (χ0v) is 9.36. The summed E-state index contributed by atoms with van der Waals surface area (Å²) in [6.45, 7) is 1.20. The van der Waals surface area contributed by atoms with Gasteiger partial charge in [-0.15, -0.1) is 13.2 Å². The van der Waals surface area contributed by atoms with Crippen LogP contribution in [-0.4, -0.2) is 11.3 Å². The predicted octanol–water partition coefficient (Wildman–Crippen LogP) is 3.99. The van der Waals surface area contributed by atoms with Gasteiger partial charge in [0.1, 0.15) is 10.4 Å². The number of halogens is 6. The maximum absolute atomic E-state index is 12.5. The highest BCUT2D eigenvalue weighted by Gasteiger charge is 2.35. The van der Waals surface area contributed by atoms with Gasteiger partial charge in [-0.2, -0.15) is 0 Å². The Morgan fingerprint density at radius 3 is 2.38 bits per heavy atom. The molecule has 0 aliphatic carbocycles. The maximum Gasteiger partial charge on any atom is 0.573 e. The second kappa shape index (κ2) is 4.52. The van der Waals surface area contributed by atoms with Crippen molar-refractivity contribution in [1.29, 1.82) is 0 Å². The molecule has 1 rings (SSSR count). The minimum absolute atomic E-state index is 0.115. The van der Waals surface area contributed by atoms with E-state index in [2.05, 4.69) is 25.7 Å². The first-order chi connectivity index (χ1) is 7.22. The van der Waals surface area contributed by atoms with Crippen LogP contribution in [0.1, 0.15) is 17.6 Å². The minimum Gasteiger partial charge on any atom is -0.405 e. The fourth-order valence-electron chi connectivity index (χ4n) is 1.03. The van der Waals surface area contributed by atoms with Crippen LogP contribution in [0.5, 0.6) is 5.75 Å². The van der Waals surface area contributed by atoms with Crippen molar-refractivity contribution in [2.24, 2.45) is 0 Å². The number of ether oxygens (including phenoxy) is 1. The first-order valence-electron chi connectivity index (χ1n) is 3.91. The van der Waals surface area contributed by atoms with Crippen molar-refractivity contribution < 1.29 is 26.7 Å². The lowest BCUT2D eigenvalue weighted by Crippen LogP contribution is -2.19. The van der Waals surface area contributed by atoms with E-state index < -0.39 is 24.1 Å². The van der Waals surface area contributed by atoms with E-state index in [9.17, 15) is 22.0 Å². The zero-order chi connectivity index (χ0) is 12.5. The van der Waals surface area contributed by atoms with Crippen LogP contribution in [0.25, 0.3) is 0 Å². The average Bonchev–Trinajstić information content (AvgIpc) is 2.08. The summed E-state index contributed by atoms with van der Waals surface area (Å²) in [6.07, 6.45) is -7.12. The van der Waals surface area contributed by atoms with E-state index in [1.165, 1.54) is 6.92 Å². The molecule has 0 saturated carbocycles. The smallest absolute Gasteiger partial charge is 0.405 e. The molecule has 0 unspecified atom stereocenters. The molecule has 0 aromatic carbocycles. The van der Waals surface area contributed by atoms with E-state index in [0.29, 0.717) is 0 Å². The van der Waals surface area contributed by atoms with Crippen LogP contribution in [-0.2, 0) is 0 Å². The van der Waals surface area contributed by atoms with Gasteiger partial charge in [0.05, 0.1) is 5.56 Å². The summed E-state index contributed by atoms with van der Waals surface area (Å²) in [5, 5.41) is 0. The average molecular weight is 306 g/mol. The summed E-state index contributed by atoms with van der Waals surface area (Å²) in [7, 11) is 0. The highest BCUT2D eigenvalue weighted by molar-refractivity contribution is 9.10. The summed E-state index contributed by atoms with van der Waals surface area (Å²) < 4.78 is 64.2. The van der Waals surface area contributed by atoms with Gasteiger partial charge in [-0.1, -0.05) is 0 Å². The Kier molecular flexibility index (Phi) is 3.72. The maximum atomic E-state index is 12.5. The van der Waals surface area contributed by atoms with Crippen LogP contribution >= 0.6 is 15.9 Å². The van der Waals surface area contributed by atoms with Crippen molar-refractivity contribution in [1.82, 2.24) is 4.98 Å². The van der Waals surface area contributed by atoms with Crippen LogP contribution in [0.4, 0.5) is 22.0 Å². The van der Waals surface area contributed by atoms with Crippen LogP contribution in [0.2, 0.25) is 0 Å². The summed E-state index contributed by atoms with van der Waals surface area (Å²) >= 11 is 2.65. The van der Waals surface area contributed by atoms with Gasteiger partial charge in [0.15, 0.2) is 0 Å². The first-order valence-corrected chi connectivity index (χ1v) is 4.70. The molecule has 0 amide bonds. The molecule has 0 atom stereocenters. The summed E-state index contributed by atoms with van der Waals surface area (Å²) in [6, 6.07) is 0. The van der Waals surface area contributed by atoms with Crippen molar-refractivity contribution in [2.75, 3.05) is 0 Å². The Bertz CT molecular complexity index is 393. The Balaban J connectivity index is 3.29. The lowest BCUT2D eigenvalue weighted by Gasteiger charge is -2.15. The molecule has 0 saturated heterocycles. The van der Waals surface area contributed by atoms with Gasteiger partial charge in [0.2, 0.25) is 0 Å². The van der Waals surface area contributed by atoms with Crippen molar-refractivity contribution in [3.8, 4) is 5.75 Å². The van der Waals surface area contributed by atoms with Gasteiger partial charge in [-0.3, -0.25) is 0 Å². The number of aryl methyl sites for hydroxylation is 1. The third-order valence-electron chi connectivity index (χ3n) is 1.63. The van der Waals surface area contributed by atoms with Crippen LogP contribution in [0.3, 0.4) is 0 Å². The molecule has 0 N–H and O–H groups in total. The molecule has 0 aliphatic rings. The highest BCUT2D eigenvalue weighted by atomic mass is 79.9. The molecule has 16 heavy (non-hydrogen) atoms. The molecule has 1 aromatic heterocycles. The molecule has 1 aromatic rings. The van der Waals surface area contributed by atoms with Crippen molar-refractivity contribution in [3.63, 3.8) is 0 Å². The summed E-state index contributed by atoms with van der Waals surface area (Å²) in [5.41, 5.74) is -1.02. The number of hydrogen-bond donors (Lipinski definition) is 0. The third-order valence-corrected chi connectivity index (χ3v) is 2.26. The van der Waals surface area contributed by atoms with E-state index in [4.69, 9.17) is 0 Å². The molecule has 8 heteroatoms. The Morgan fingerprint density at radius 2 is 1.94 bits per heavy atom. The van der Waals surface area contributed by atoms with Gasteiger partial charge in [0.25, 0.3) is 6.43 Å². The van der Waals surface area contributed by atoms with Gasteiger partial charge in [0, 0.05) is 11.8 Å². The Hall–Kier alpha value is -0.920. The second-order valence-electron chi connectivity index (χ2n) is 2.82.